The zero-order valence-electron chi connectivity index (χ0n) is 9.62. The summed E-state index contributed by atoms with van der Waals surface area (Å²) in [6.07, 6.45) is 3.40. The van der Waals surface area contributed by atoms with Gasteiger partial charge < -0.3 is 4.57 Å². The number of likely N-dealkylation sites (N-methyl/N-ethyl adjacent to an activating group) is 1. The van der Waals surface area contributed by atoms with Gasteiger partial charge in [-0.1, -0.05) is 13.8 Å². The molecular weight excluding hydrogens is 172 g/mol. The Morgan fingerprint density at radius 3 is 2.71 bits per heavy atom. The van der Waals surface area contributed by atoms with E-state index in [1.54, 1.807) is 5.56 Å². The lowest BCUT2D eigenvalue weighted by Crippen LogP contribution is -2.35. The molecule has 1 aliphatic rings. The highest BCUT2D eigenvalue weighted by atomic mass is 15.2. The molecule has 0 aromatic carbocycles. The fourth-order valence-corrected chi connectivity index (χ4v) is 2.67. The zero-order valence-corrected chi connectivity index (χ0v) is 9.62. The molecule has 2 rings (SSSR count). The van der Waals surface area contributed by atoms with Crippen molar-refractivity contribution < 1.29 is 0 Å². The largest absolute Gasteiger partial charge is 0.353 e. The van der Waals surface area contributed by atoms with Gasteiger partial charge in [0.15, 0.2) is 0 Å². The molecule has 1 aromatic rings. The van der Waals surface area contributed by atoms with E-state index >= 15 is 0 Å². The molecule has 1 unspecified atom stereocenters. The molecular formula is C12H20N2. The average molecular weight is 192 g/mol. The number of fused-ring (bicyclic) bond motifs is 1. The lowest BCUT2D eigenvalue weighted by Gasteiger charge is -2.36. The molecule has 2 heterocycles. The Labute approximate surface area is 86.5 Å². The Morgan fingerprint density at radius 1 is 1.36 bits per heavy atom. The third kappa shape index (κ3) is 1.38. The first-order chi connectivity index (χ1) is 6.61. The van der Waals surface area contributed by atoms with E-state index in [1.165, 1.54) is 18.7 Å². The third-order valence-electron chi connectivity index (χ3n) is 3.33. The van der Waals surface area contributed by atoms with Gasteiger partial charge in [0.05, 0.1) is 6.04 Å². The first-order valence-electron chi connectivity index (χ1n) is 5.45. The number of aromatic nitrogens is 1. The minimum Gasteiger partial charge on any atom is -0.353 e. The normalized spacial score (nSPS) is 22.8. The predicted octanol–water partition coefficient (Wildman–Crippen LogP) is 2.21. The van der Waals surface area contributed by atoms with Crippen molar-refractivity contribution in [3.05, 3.63) is 23.5 Å². The average Bonchev–Trinajstić information content (AvgIpc) is 2.47. The number of hydrogen-bond donors (Lipinski definition) is 0. The van der Waals surface area contributed by atoms with Crippen molar-refractivity contribution >= 4 is 0 Å². The van der Waals surface area contributed by atoms with Crippen LogP contribution in [0.3, 0.4) is 0 Å². The Kier molecular flexibility index (Phi) is 2.40. The van der Waals surface area contributed by atoms with E-state index in [4.69, 9.17) is 0 Å². The highest BCUT2D eigenvalue weighted by molar-refractivity contribution is 5.28. The van der Waals surface area contributed by atoms with Crippen LogP contribution in [0.2, 0.25) is 0 Å². The number of nitrogens with zero attached hydrogens (tertiary/aromatic N) is 2. The fourth-order valence-electron chi connectivity index (χ4n) is 2.67. The molecule has 2 nitrogen and oxygen atoms in total. The van der Waals surface area contributed by atoms with Crippen molar-refractivity contribution in [2.24, 2.45) is 13.0 Å². The van der Waals surface area contributed by atoms with Crippen molar-refractivity contribution in [3.8, 4) is 0 Å². The summed E-state index contributed by atoms with van der Waals surface area (Å²) in [4.78, 5) is 2.48. The highest BCUT2D eigenvalue weighted by Crippen LogP contribution is 2.34. The van der Waals surface area contributed by atoms with E-state index in [0.29, 0.717) is 12.0 Å². The standard InChI is InChI=1S/C12H20N2/c1-9(2)11-12-10(5-7-13(11)3)6-8-14(12)4/h6,8-9,11H,5,7H2,1-4H3. The predicted molar refractivity (Wildman–Crippen MR) is 59.3 cm³/mol. The molecule has 0 N–H and O–H groups in total. The summed E-state index contributed by atoms with van der Waals surface area (Å²) >= 11 is 0. The Balaban J connectivity index is 2.44. The van der Waals surface area contributed by atoms with Gasteiger partial charge in [-0.2, -0.15) is 0 Å². The molecule has 0 spiro atoms. The molecule has 2 heteroatoms. The van der Waals surface area contributed by atoms with Crippen LogP contribution in [-0.2, 0) is 13.5 Å². The van der Waals surface area contributed by atoms with Crippen LogP contribution < -0.4 is 0 Å². The summed E-state index contributed by atoms with van der Waals surface area (Å²) in [6.45, 7) is 5.81. The maximum Gasteiger partial charge on any atom is 0.0523 e. The molecule has 0 radical (unpaired) electrons. The van der Waals surface area contributed by atoms with Crippen LogP contribution in [0.4, 0.5) is 0 Å². The molecule has 1 atom stereocenters. The fraction of sp³-hybridized carbons (Fsp3) is 0.667. The van der Waals surface area contributed by atoms with Crippen LogP contribution in [0.25, 0.3) is 0 Å². The van der Waals surface area contributed by atoms with Crippen LogP contribution in [-0.4, -0.2) is 23.1 Å². The van der Waals surface area contributed by atoms with Crippen LogP contribution in [0.1, 0.15) is 31.1 Å². The van der Waals surface area contributed by atoms with E-state index in [0.717, 1.165) is 0 Å². The summed E-state index contributed by atoms with van der Waals surface area (Å²) in [7, 11) is 4.40. The molecule has 14 heavy (non-hydrogen) atoms. The van der Waals surface area contributed by atoms with E-state index in [-0.39, 0.29) is 0 Å². The third-order valence-corrected chi connectivity index (χ3v) is 3.33. The zero-order chi connectivity index (χ0) is 10.3. The SMILES string of the molecule is CC(C)C1c2c(ccn2C)CCN1C. The van der Waals surface area contributed by atoms with Crippen LogP contribution >= 0.6 is 0 Å². The second-order valence-corrected chi connectivity index (χ2v) is 4.76. The summed E-state index contributed by atoms with van der Waals surface area (Å²) in [5.74, 6) is 0.688. The van der Waals surface area contributed by atoms with Gasteiger partial charge >= 0.3 is 0 Å². The summed E-state index contributed by atoms with van der Waals surface area (Å²) in [6, 6.07) is 2.87. The maximum absolute atomic E-state index is 2.48. The lowest BCUT2D eigenvalue weighted by atomic mass is 9.92. The molecule has 0 bridgehead atoms. The van der Waals surface area contributed by atoms with Crippen LogP contribution in [0.15, 0.2) is 12.3 Å². The minimum atomic E-state index is 0.596. The quantitative estimate of drug-likeness (QED) is 0.662. The number of hydrogen-bond acceptors (Lipinski definition) is 1. The molecule has 1 aromatic heterocycles. The minimum absolute atomic E-state index is 0.596. The number of aryl methyl sites for hydroxylation is 1. The number of rotatable bonds is 1. The van der Waals surface area contributed by atoms with Gasteiger partial charge in [0.25, 0.3) is 0 Å². The second kappa shape index (κ2) is 3.43. The van der Waals surface area contributed by atoms with E-state index in [1.807, 2.05) is 0 Å². The van der Waals surface area contributed by atoms with Gasteiger partial charge in [0.1, 0.15) is 0 Å². The summed E-state index contributed by atoms with van der Waals surface area (Å²) in [5, 5.41) is 0. The van der Waals surface area contributed by atoms with Crippen molar-refractivity contribution in [2.45, 2.75) is 26.3 Å². The van der Waals surface area contributed by atoms with Crippen LogP contribution in [0, 0.1) is 5.92 Å². The monoisotopic (exact) mass is 192 g/mol. The molecule has 0 saturated carbocycles. The smallest absolute Gasteiger partial charge is 0.0523 e. The van der Waals surface area contributed by atoms with Gasteiger partial charge in [-0.25, -0.2) is 0 Å². The Morgan fingerprint density at radius 2 is 2.07 bits per heavy atom. The molecule has 78 valence electrons. The summed E-state index contributed by atoms with van der Waals surface area (Å²) < 4.78 is 2.29. The van der Waals surface area contributed by atoms with E-state index in [9.17, 15) is 0 Å². The topological polar surface area (TPSA) is 8.17 Å². The molecule has 0 saturated heterocycles. The van der Waals surface area contributed by atoms with Crippen molar-refractivity contribution in [2.75, 3.05) is 13.6 Å². The van der Waals surface area contributed by atoms with E-state index in [2.05, 4.69) is 49.7 Å². The van der Waals surface area contributed by atoms with Crippen molar-refractivity contribution in [3.63, 3.8) is 0 Å². The molecule has 0 aliphatic carbocycles. The van der Waals surface area contributed by atoms with Crippen LogP contribution in [0.5, 0.6) is 0 Å². The Hall–Kier alpha value is -0.760. The molecule has 1 aliphatic heterocycles. The Bertz CT molecular complexity index is 325. The van der Waals surface area contributed by atoms with Gasteiger partial charge in [0, 0.05) is 25.5 Å². The van der Waals surface area contributed by atoms with Gasteiger partial charge in [-0.15, -0.1) is 0 Å². The first-order valence-corrected chi connectivity index (χ1v) is 5.45. The summed E-state index contributed by atoms with van der Waals surface area (Å²) in [5.41, 5.74) is 3.07. The highest BCUT2D eigenvalue weighted by Gasteiger charge is 2.29. The van der Waals surface area contributed by atoms with E-state index < -0.39 is 0 Å². The molecule has 0 amide bonds. The van der Waals surface area contributed by atoms with Gasteiger partial charge in [-0.3, -0.25) is 4.90 Å². The van der Waals surface area contributed by atoms with Gasteiger partial charge in [0.2, 0.25) is 0 Å². The molecule has 0 fully saturated rings. The van der Waals surface area contributed by atoms with Crippen molar-refractivity contribution in [1.29, 1.82) is 0 Å². The lowest BCUT2D eigenvalue weighted by molar-refractivity contribution is 0.173. The maximum atomic E-state index is 2.48. The first kappa shape index (κ1) is 9.78. The second-order valence-electron chi connectivity index (χ2n) is 4.76. The van der Waals surface area contributed by atoms with Gasteiger partial charge in [-0.05, 0) is 31.0 Å². The van der Waals surface area contributed by atoms with Crippen molar-refractivity contribution in [1.82, 2.24) is 9.47 Å².